The second-order valence-corrected chi connectivity index (χ2v) is 6.73. The SMILES string of the molecule is CCc1ncc(S(=O)(=O)NCCCC(C)CBr)[nH]1. The summed E-state index contributed by atoms with van der Waals surface area (Å²) in [4.78, 5) is 6.78. The lowest BCUT2D eigenvalue weighted by molar-refractivity contribution is 0.545. The third-order valence-electron chi connectivity index (χ3n) is 2.66. The van der Waals surface area contributed by atoms with Crippen LogP contribution in [0.2, 0.25) is 0 Å². The van der Waals surface area contributed by atoms with E-state index in [2.05, 4.69) is 37.5 Å². The molecule has 1 atom stereocenters. The molecule has 0 aliphatic carbocycles. The number of halogens is 1. The van der Waals surface area contributed by atoms with Crippen LogP contribution >= 0.6 is 15.9 Å². The molecule has 0 spiro atoms. The van der Waals surface area contributed by atoms with Gasteiger partial charge in [-0.2, -0.15) is 0 Å². The number of aromatic amines is 1. The molecule has 0 aromatic carbocycles. The summed E-state index contributed by atoms with van der Waals surface area (Å²) in [5.41, 5.74) is 0. The van der Waals surface area contributed by atoms with Gasteiger partial charge in [-0.05, 0) is 18.8 Å². The van der Waals surface area contributed by atoms with Crippen LogP contribution in [0.5, 0.6) is 0 Å². The Hall–Kier alpha value is -0.400. The molecule has 1 aromatic rings. The van der Waals surface area contributed by atoms with Crippen molar-refractivity contribution in [3.05, 3.63) is 12.0 Å². The molecule has 0 bridgehead atoms. The smallest absolute Gasteiger partial charge is 0.257 e. The van der Waals surface area contributed by atoms with Gasteiger partial charge >= 0.3 is 0 Å². The van der Waals surface area contributed by atoms with Crippen molar-refractivity contribution in [2.75, 3.05) is 11.9 Å². The van der Waals surface area contributed by atoms with Gasteiger partial charge in [0.2, 0.25) is 0 Å². The predicted molar refractivity (Wildman–Crippen MR) is 75.3 cm³/mol. The number of aromatic nitrogens is 2. The minimum absolute atomic E-state index is 0.146. The van der Waals surface area contributed by atoms with Gasteiger partial charge in [0.25, 0.3) is 10.0 Å². The Labute approximate surface area is 117 Å². The number of hydrogen-bond donors (Lipinski definition) is 2. The zero-order chi connectivity index (χ0) is 13.6. The standard InChI is InChI=1S/C11H20BrN3O2S/c1-3-10-13-8-11(15-10)18(16,17)14-6-4-5-9(2)7-12/h8-9,14H,3-7H2,1-2H3,(H,13,15). The average Bonchev–Trinajstić information content (AvgIpc) is 2.83. The lowest BCUT2D eigenvalue weighted by Gasteiger charge is -2.08. The number of aryl methyl sites for hydroxylation is 1. The molecular formula is C11H20BrN3O2S. The van der Waals surface area contributed by atoms with Gasteiger partial charge in [0, 0.05) is 18.3 Å². The summed E-state index contributed by atoms with van der Waals surface area (Å²) in [6, 6.07) is 0. The number of imidazole rings is 1. The molecule has 0 aliphatic heterocycles. The predicted octanol–water partition coefficient (Wildman–Crippen LogP) is 2.06. The maximum Gasteiger partial charge on any atom is 0.257 e. The summed E-state index contributed by atoms with van der Waals surface area (Å²) in [6.45, 7) is 4.51. The van der Waals surface area contributed by atoms with Crippen LogP contribution in [0.4, 0.5) is 0 Å². The van der Waals surface area contributed by atoms with Crippen molar-refractivity contribution in [3.8, 4) is 0 Å². The van der Waals surface area contributed by atoms with Crippen LogP contribution < -0.4 is 4.72 Å². The third kappa shape index (κ3) is 4.70. The maximum atomic E-state index is 11.9. The van der Waals surface area contributed by atoms with E-state index >= 15 is 0 Å². The molecule has 0 fully saturated rings. The first kappa shape index (κ1) is 15.7. The van der Waals surface area contributed by atoms with E-state index in [1.807, 2.05) is 6.92 Å². The van der Waals surface area contributed by atoms with E-state index in [9.17, 15) is 8.42 Å². The van der Waals surface area contributed by atoms with Gasteiger partial charge in [-0.25, -0.2) is 18.1 Å². The number of H-pyrrole nitrogens is 1. The highest BCUT2D eigenvalue weighted by molar-refractivity contribution is 9.09. The number of sulfonamides is 1. The van der Waals surface area contributed by atoms with Crippen molar-refractivity contribution < 1.29 is 8.42 Å². The van der Waals surface area contributed by atoms with Crippen molar-refractivity contribution in [1.29, 1.82) is 0 Å². The van der Waals surface area contributed by atoms with Crippen LogP contribution in [-0.4, -0.2) is 30.3 Å². The molecule has 1 rings (SSSR count). The van der Waals surface area contributed by atoms with Crippen molar-refractivity contribution >= 4 is 26.0 Å². The van der Waals surface area contributed by atoms with Crippen LogP contribution in [-0.2, 0) is 16.4 Å². The molecule has 0 saturated carbocycles. The lowest BCUT2D eigenvalue weighted by atomic mass is 10.1. The summed E-state index contributed by atoms with van der Waals surface area (Å²) < 4.78 is 26.3. The van der Waals surface area contributed by atoms with Crippen molar-refractivity contribution in [1.82, 2.24) is 14.7 Å². The van der Waals surface area contributed by atoms with Gasteiger partial charge in [-0.3, -0.25) is 0 Å². The fraction of sp³-hybridized carbons (Fsp3) is 0.727. The number of hydrogen-bond acceptors (Lipinski definition) is 3. The number of rotatable bonds is 8. The van der Waals surface area contributed by atoms with Gasteiger partial charge in [0.05, 0.1) is 6.20 Å². The molecule has 7 heteroatoms. The monoisotopic (exact) mass is 337 g/mol. The van der Waals surface area contributed by atoms with Gasteiger partial charge in [-0.1, -0.05) is 29.8 Å². The third-order valence-corrected chi connectivity index (χ3v) is 5.13. The Kier molecular flexibility index (Phi) is 6.31. The number of nitrogens with one attached hydrogen (secondary N) is 2. The minimum Gasteiger partial charge on any atom is -0.332 e. The highest BCUT2D eigenvalue weighted by Gasteiger charge is 2.16. The van der Waals surface area contributed by atoms with Crippen LogP contribution in [0.3, 0.4) is 0 Å². The Bertz CT molecular complexity index is 459. The Morgan fingerprint density at radius 2 is 2.28 bits per heavy atom. The first-order valence-electron chi connectivity index (χ1n) is 6.09. The van der Waals surface area contributed by atoms with E-state index < -0.39 is 10.0 Å². The molecule has 0 amide bonds. The van der Waals surface area contributed by atoms with E-state index in [1.54, 1.807) is 0 Å². The minimum atomic E-state index is -3.43. The summed E-state index contributed by atoms with van der Waals surface area (Å²) in [5.74, 6) is 1.25. The van der Waals surface area contributed by atoms with Gasteiger partial charge in [-0.15, -0.1) is 0 Å². The zero-order valence-corrected chi connectivity index (χ0v) is 13.1. The molecule has 0 aliphatic rings. The highest BCUT2D eigenvalue weighted by Crippen LogP contribution is 2.09. The first-order chi connectivity index (χ1) is 8.49. The molecule has 0 radical (unpaired) electrons. The summed E-state index contributed by atoms with van der Waals surface area (Å²) in [5, 5.41) is 1.09. The van der Waals surface area contributed by atoms with Crippen LogP contribution in [0.15, 0.2) is 11.2 Å². The zero-order valence-electron chi connectivity index (χ0n) is 10.7. The molecule has 18 heavy (non-hydrogen) atoms. The van der Waals surface area contributed by atoms with E-state index in [0.717, 1.165) is 18.2 Å². The van der Waals surface area contributed by atoms with E-state index in [1.165, 1.54) is 6.20 Å². The molecular weight excluding hydrogens is 318 g/mol. The Morgan fingerprint density at radius 1 is 1.56 bits per heavy atom. The number of nitrogens with zero attached hydrogens (tertiary/aromatic N) is 1. The summed E-state index contributed by atoms with van der Waals surface area (Å²) in [6.07, 6.45) is 3.89. The van der Waals surface area contributed by atoms with E-state index in [0.29, 0.717) is 24.7 Å². The van der Waals surface area contributed by atoms with Crippen molar-refractivity contribution in [2.24, 2.45) is 5.92 Å². The maximum absolute atomic E-state index is 11.9. The van der Waals surface area contributed by atoms with Crippen molar-refractivity contribution in [3.63, 3.8) is 0 Å². The van der Waals surface area contributed by atoms with Crippen LogP contribution in [0.1, 0.15) is 32.5 Å². The second-order valence-electron chi connectivity index (χ2n) is 4.35. The molecule has 5 nitrogen and oxygen atoms in total. The van der Waals surface area contributed by atoms with Gasteiger partial charge < -0.3 is 4.98 Å². The van der Waals surface area contributed by atoms with Gasteiger partial charge in [0.1, 0.15) is 5.82 Å². The summed E-state index contributed by atoms with van der Waals surface area (Å²) in [7, 11) is -3.43. The van der Waals surface area contributed by atoms with E-state index in [-0.39, 0.29) is 5.03 Å². The topological polar surface area (TPSA) is 74.8 Å². The van der Waals surface area contributed by atoms with Crippen LogP contribution in [0, 0.1) is 5.92 Å². The lowest BCUT2D eigenvalue weighted by Crippen LogP contribution is -2.25. The van der Waals surface area contributed by atoms with Crippen molar-refractivity contribution in [2.45, 2.75) is 38.1 Å². The molecule has 104 valence electrons. The van der Waals surface area contributed by atoms with Gasteiger partial charge in [0.15, 0.2) is 5.03 Å². The molecule has 1 unspecified atom stereocenters. The average molecular weight is 338 g/mol. The molecule has 1 heterocycles. The highest BCUT2D eigenvalue weighted by atomic mass is 79.9. The Balaban J connectivity index is 2.45. The fourth-order valence-electron chi connectivity index (χ4n) is 1.47. The number of alkyl halides is 1. The summed E-state index contributed by atoms with van der Waals surface area (Å²) >= 11 is 3.40. The van der Waals surface area contributed by atoms with E-state index in [4.69, 9.17) is 0 Å². The molecule has 1 aromatic heterocycles. The quantitative estimate of drug-likeness (QED) is 0.563. The van der Waals surface area contributed by atoms with Crippen LogP contribution in [0.25, 0.3) is 0 Å². The first-order valence-corrected chi connectivity index (χ1v) is 8.69. The largest absolute Gasteiger partial charge is 0.332 e. The second kappa shape index (κ2) is 7.25. The Morgan fingerprint density at radius 3 is 2.83 bits per heavy atom. The molecule has 2 N–H and O–H groups in total. The fourth-order valence-corrected chi connectivity index (χ4v) is 2.81. The normalized spacial score (nSPS) is 13.7. The molecule has 0 saturated heterocycles.